The first-order valence-electron chi connectivity index (χ1n) is 8.11. The third-order valence-electron chi connectivity index (χ3n) is 4.23. The van der Waals surface area contributed by atoms with Crippen molar-refractivity contribution in [2.45, 2.75) is 55.1 Å². The molecule has 1 N–H and O–H groups in total. The molecule has 1 amide bonds. The molecule has 0 bridgehead atoms. The van der Waals surface area contributed by atoms with Gasteiger partial charge in [0, 0.05) is 18.5 Å². The van der Waals surface area contributed by atoms with Gasteiger partial charge >= 0.3 is 0 Å². The second-order valence-corrected chi connectivity index (χ2v) is 9.92. The summed E-state index contributed by atoms with van der Waals surface area (Å²) in [6.45, 7) is 6.09. The van der Waals surface area contributed by atoms with Gasteiger partial charge in [0.2, 0.25) is 5.91 Å². The summed E-state index contributed by atoms with van der Waals surface area (Å²) >= 11 is 1.35. The van der Waals surface area contributed by atoms with Gasteiger partial charge in [0.15, 0.2) is 15.0 Å². The lowest BCUT2D eigenvalue weighted by Crippen LogP contribution is -2.32. The Morgan fingerprint density at radius 3 is 2.79 bits per heavy atom. The molecule has 0 unspecified atom stereocenters. The standard InChI is InChI=1S/C15H22N4O3S2/c1-3-7-19-13(11-6-8-24(21,22)9-11)17-18-15(19)23-10(2)14(20)16-12-4-5-12/h3,10-12H,1,4-9H2,2H3,(H,16,20)/t10-,11-/m1/s1. The number of nitrogens with one attached hydrogen (secondary N) is 1. The van der Waals surface area contributed by atoms with Gasteiger partial charge in [-0.25, -0.2) is 8.42 Å². The molecule has 2 heterocycles. The summed E-state index contributed by atoms with van der Waals surface area (Å²) in [6, 6.07) is 0.325. The first-order chi connectivity index (χ1) is 11.4. The molecule has 0 radical (unpaired) electrons. The van der Waals surface area contributed by atoms with Gasteiger partial charge in [-0.3, -0.25) is 4.79 Å². The minimum Gasteiger partial charge on any atom is -0.352 e. The largest absolute Gasteiger partial charge is 0.352 e. The van der Waals surface area contributed by atoms with Crippen molar-refractivity contribution in [1.29, 1.82) is 0 Å². The van der Waals surface area contributed by atoms with Crippen LogP contribution in [-0.2, 0) is 21.2 Å². The monoisotopic (exact) mass is 370 g/mol. The van der Waals surface area contributed by atoms with E-state index in [1.54, 1.807) is 6.08 Å². The van der Waals surface area contributed by atoms with Crippen LogP contribution in [-0.4, -0.2) is 51.9 Å². The van der Waals surface area contributed by atoms with Gasteiger partial charge in [-0.1, -0.05) is 17.8 Å². The van der Waals surface area contributed by atoms with E-state index in [0.29, 0.717) is 30.0 Å². The molecule has 2 fully saturated rings. The van der Waals surface area contributed by atoms with Crippen LogP contribution in [0.2, 0.25) is 0 Å². The molecule has 1 saturated carbocycles. The van der Waals surface area contributed by atoms with Crippen LogP contribution < -0.4 is 5.32 Å². The summed E-state index contributed by atoms with van der Waals surface area (Å²) in [5, 5.41) is 11.7. The minimum atomic E-state index is -2.99. The normalized spacial score (nSPS) is 23.8. The summed E-state index contributed by atoms with van der Waals surface area (Å²) in [7, 11) is -2.99. The number of carbonyl (C=O) groups is 1. The quantitative estimate of drug-likeness (QED) is 0.571. The Kier molecular flexibility index (Phi) is 5.00. The van der Waals surface area contributed by atoms with Gasteiger partial charge in [-0.15, -0.1) is 16.8 Å². The number of nitrogens with zero attached hydrogens (tertiary/aromatic N) is 3. The third kappa shape index (κ3) is 4.00. The lowest BCUT2D eigenvalue weighted by Gasteiger charge is -2.14. The maximum atomic E-state index is 12.1. The van der Waals surface area contributed by atoms with Crippen molar-refractivity contribution >= 4 is 27.5 Å². The van der Waals surface area contributed by atoms with Crippen molar-refractivity contribution in [2.24, 2.45) is 0 Å². The molecule has 1 aromatic heterocycles. The molecule has 0 aromatic carbocycles. The molecule has 3 rings (SSSR count). The Balaban J connectivity index is 1.75. The predicted octanol–water partition coefficient (Wildman–Crippen LogP) is 1.13. The van der Waals surface area contributed by atoms with Crippen LogP contribution in [0.15, 0.2) is 17.8 Å². The summed E-state index contributed by atoms with van der Waals surface area (Å²) in [5.74, 6) is 0.854. The van der Waals surface area contributed by atoms with Crippen molar-refractivity contribution in [3.8, 4) is 0 Å². The van der Waals surface area contributed by atoms with Crippen molar-refractivity contribution in [1.82, 2.24) is 20.1 Å². The van der Waals surface area contributed by atoms with Crippen molar-refractivity contribution in [3.05, 3.63) is 18.5 Å². The van der Waals surface area contributed by atoms with Crippen LogP contribution in [0.5, 0.6) is 0 Å². The van der Waals surface area contributed by atoms with Gasteiger partial charge in [0.05, 0.1) is 16.8 Å². The zero-order valence-electron chi connectivity index (χ0n) is 13.6. The topological polar surface area (TPSA) is 93.9 Å². The fraction of sp³-hybridized carbons (Fsp3) is 0.667. The van der Waals surface area contributed by atoms with Gasteiger partial charge in [0.1, 0.15) is 5.82 Å². The van der Waals surface area contributed by atoms with E-state index in [1.165, 1.54) is 11.8 Å². The van der Waals surface area contributed by atoms with Gasteiger partial charge in [-0.05, 0) is 26.2 Å². The van der Waals surface area contributed by atoms with E-state index in [9.17, 15) is 13.2 Å². The molecule has 1 saturated heterocycles. The van der Waals surface area contributed by atoms with Gasteiger partial charge < -0.3 is 9.88 Å². The molecule has 132 valence electrons. The zero-order valence-corrected chi connectivity index (χ0v) is 15.3. The number of hydrogen-bond acceptors (Lipinski definition) is 6. The minimum absolute atomic E-state index is 0.000599. The van der Waals surface area contributed by atoms with Crippen molar-refractivity contribution < 1.29 is 13.2 Å². The Labute approximate surface area is 146 Å². The predicted molar refractivity (Wildman–Crippen MR) is 92.7 cm³/mol. The first-order valence-corrected chi connectivity index (χ1v) is 10.8. The van der Waals surface area contributed by atoms with Crippen LogP contribution in [0.1, 0.15) is 37.9 Å². The number of rotatable bonds is 7. The molecule has 1 aromatic rings. The second-order valence-electron chi connectivity index (χ2n) is 6.38. The zero-order chi connectivity index (χ0) is 17.3. The van der Waals surface area contributed by atoms with E-state index in [-0.39, 0.29) is 28.6 Å². The maximum Gasteiger partial charge on any atom is 0.233 e. The highest BCUT2D eigenvalue weighted by atomic mass is 32.2. The number of sulfone groups is 1. The Bertz CT molecular complexity index is 740. The molecule has 0 spiro atoms. The van der Waals surface area contributed by atoms with E-state index in [2.05, 4.69) is 22.1 Å². The third-order valence-corrected chi connectivity index (χ3v) is 7.08. The van der Waals surface area contributed by atoms with Crippen LogP contribution >= 0.6 is 11.8 Å². The smallest absolute Gasteiger partial charge is 0.233 e. The highest BCUT2D eigenvalue weighted by Gasteiger charge is 2.34. The number of aromatic nitrogens is 3. The number of allylic oxidation sites excluding steroid dienone is 1. The Morgan fingerprint density at radius 1 is 1.46 bits per heavy atom. The van der Waals surface area contributed by atoms with E-state index in [0.717, 1.165) is 12.8 Å². The lowest BCUT2D eigenvalue weighted by atomic mass is 10.1. The van der Waals surface area contributed by atoms with Crippen LogP contribution in [0.25, 0.3) is 0 Å². The van der Waals surface area contributed by atoms with Crippen LogP contribution in [0, 0.1) is 0 Å². The molecule has 24 heavy (non-hydrogen) atoms. The summed E-state index contributed by atoms with van der Waals surface area (Å²) < 4.78 is 25.3. The average molecular weight is 371 g/mol. The Morgan fingerprint density at radius 2 is 2.21 bits per heavy atom. The van der Waals surface area contributed by atoms with Crippen molar-refractivity contribution in [3.63, 3.8) is 0 Å². The number of amides is 1. The van der Waals surface area contributed by atoms with Crippen LogP contribution in [0.3, 0.4) is 0 Å². The number of thioether (sulfide) groups is 1. The summed E-state index contributed by atoms with van der Waals surface area (Å²) in [6.07, 6.45) is 4.40. The molecule has 1 aliphatic heterocycles. The molecule has 2 aliphatic rings. The van der Waals surface area contributed by atoms with Crippen LogP contribution in [0.4, 0.5) is 0 Å². The summed E-state index contributed by atoms with van der Waals surface area (Å²) in [5.41, 5.74) is 0. The number of carbonyl (C=O) groups excluding carboxylic acids is 1. The van der Waals surface area contributed by atoms with Gasteiger partial charge in [0.25, 0.3) is 0 Å². The summed E-state index contributed by atoms with van der Waals surface area (Å²) in [4.78, 5) is 12.1. The maximum absolute atomic E-state index is 12.1. The lowest BCUT2D eigenvalue weighted by molar-refractivity contribution is -0.120. The first kappa shape index (κ1) is 17.5. The SMILES string of the molecule is C=CCn1c(S[C@H](C)C(=O)NC2CC2)nnc1[C@@H]1CCS(=O)(=O)C1. The highest BCUT2D eigenvalue weighted by molar-refractivity contribution is 8.00. The molecule has 7 nitrogen and oxygen atoms in total. The molecular weight excluding hydrogens is 348 g/mol. The van der Waals surface area contributed by atoms with Gasteiger partial charge in [-0.2, -0.15) is 0 Å². The van der Waals surface area contributed by atoms with E-state index < -0.39 is 9.84 Å². The average Bonchev–Trinajstić information content (AvgIpc) is 3.14. The molecule has 1 aliphatic carbocycles. The molecule has 9 heteroatoms. The van der Waals surface area contributed by atoms with E-state index in [1.807, 2.05) is 11.5 Å². The fourth-order valence-electron chi connectivity index (χ4n) is 2.75. The van der Waals surface area contributed by atoms with Crippen molar-refractivity contribution in [2.75, 3.05) is 11.5 Å². The van der Waals surface area contributed by atoms with E-state index >= 15 is 0 Å². The second kappa shape index (κ2) is 6.87. The van der Waals surface area contributed by atoms with E-state index in [4.69, 9.17) is 0 Å². The Hall–Kier alpha value is -1.35. The molecule has 2 atom stereocenters. The fourth-order valence-corrected chi connectivity index (χ4v) is 5.36. The number of hydrogen-bond donors (Lipinski definition) is 1. The highest BCUT2D eigenvalue weighted by Crippen LogP contribution is 2.31. The molecular formula is C15H22N4O3S2.